The topological polar surface area (TPSA) is 40.5 Å². The normalized spacial score (nSPS) is 17.0. The first kappa shape index (κ1) is 13.1. The Balaban J connectivity index is 2.25. The molecule has 3 heteroatoms. The Hall–Kier alpha value is -1.35. The molecule has 2 rings (SSSR count). The molecule has 0 atom stereocenters. The maximum atomic E-state index is 12.7. The van der Waals surface area contributed by atoms with Gasteiger partial charge in [-0.3, -0.25) is 4.79 Å². The molecule has 0 aromatic heterocycles. The van der Waals surface area contributed by atoms with Crippen molar-refractivity contribution < 1.29 is 9.90 Å². The van der Waals surface area contributed by atoms with Crippen LogP contribution in [0, 0.1) is 0 Å². The van der Waals surface area contributed by atoms with Crippen LogP contribution in [0.1, 0.15) is 31.7 Å². The molecule has 0 aliphatic heterocycles. The van der Waals surface area contributed by atoms with Crippen molar-refractivity contribution in [2.45, 2.75) is 31.6 Å². The highest BCUT2D eigenvalue weighted by atomic mass is 16.3. The highest BCUT2D eigenvalue weighted by Gasteiger charge is 2.47. The first-order valence-corrected chi connectivity index (χ1v) is 6.70. The van der Waals surface area contributed by atoms with Gasteiger partial charge in [-0.15, -0.1) is 0 Å². The molecular formula is C15H21NO2. The summed E-state index contributed by atoms with van der Waals surface area (Å²) in [5.74, 6) is 0.177. The number of aliphatic hydroxyl groups excluding tert-OH is 1. The van der Waals surface area contributed by atoms with Crippen molar-refractivity contribution in [2.75, 3.05) is 19.7 Å². The molecule has 0 spiro atoms. The largest absolute Gasteiger partial charge is 0.395 e. The summed E-state index contributed by atoms with van der Waals surface area (Å²) in [7, 11) is 0. The van der Waals surface area contributed by atoms with Crippen molar-refractivity contribution in [1.82, 2.24) is 4.90 Å². The zero-order chi connectivity index (χ0) is 13.0. The second kappa shape index (κ2) is 5.53. The van der Waals surface area contributed by atoms with Gasteiger partial charge in [-0.2, -0.15) is 0 Å². The summed E-state index contributed by atoms with van der Waals surface area (Å²) in [6.45, 7) is 3.09. The zero-order valence-electron chi connectivity index (χ0n) is 10.9. The number of hydrogen-bond donors (Lipinski definition) is 1. The molecule has 0 heterocycles. The molecule has 0 unspecified atom stereocenters. The predicted octanol–water partition coefficient (Wildman–Crippen LogP) is 1.95. The van der Waals surface area contributed by atoms with Crippen LogP contribution < -0.4 is 0 Å². The van der Waals surface area contributed by atoms with Gasteiger partial charge in [0.1, 0.15) is 0 Å². The molecule has 1 saturated carbocycles. The number of carbonyl (C=O) groups is 1. The molecule has 1 N–H and O–H groups in total. The van der Waals surface area contributed by atoms with Crippen molar-refractivity contribution >= 4 is 5.91 Å². The highest BCUT2D eigenvalue weighted by molar-refractivity contribution is 5.89. The summed E-state index contributed by atoms with van der Waals surface area (Å²) in [4.78, 5) is 14.5. The minimum absolute atomic E-state index is 0.0322. The van der Waals surface area contributed by atoms with Crippen LogP contribution in [-0.2, 0) is 10.2 Å². The number of rotatable bonds is 5. The van der Waals surface area contributed by atoms with Gasteiger partial charge in [0.2, 0.25) is 5.91 Å². The van der Waals surface area contributed by atoms with E-state index in [2.05, 4.69) is 0 Å². The first-order valence-electron chi connectivity index (χ1n) is 6.70. The summed E-state index contributed by atoms with van der Waals surface area (Å²) < 4.78 is 0. The molecular weight excluding hydrogens is 226 g/mol. The molecule has 0 saturated heterocycles. The smallest absolute Gasteiger partial charge is 0.233 e. The van der Waals surface area contributed by atoms with Crippen LogP contribution in [-0.4, -0.2) is 35.6 Å². The molecule has 1 amide bonds. The van der Waals surface area contributed by atoms with E-state index < -0.39 is 0 Å². The van der Waals surface area contributed by atoms with Gasteiger partial charge in [-0.1, -0.05) is 36.8 Å². The number of hydrogen-bond acceptors (Lipinski definition) is 2. The Morgan fingerprint density at radius 3 is 2.44 bits per heavy atom. The van der Waals surface area contributed by atoms with Crippen LogP contribution in [0.4, 0.5) is 0 Å². The lowest BCUT2D eigenvalue weighted by atomic mass is 9.63. The summed E-state index contributed by atoms with van der Waals surface area (Å²) in [5.41, 5.74) is 0.796. The van der Waals surface area contributed by atoms with E-state index in [-0.39, 0.29) is 17.9 Å². The Labute approximate surface area is 108 Å². The Kier molecular flexibility index (Phi) is 4.02. The lowest BCUT2D eigenvalue weighted by Crippen LogP contribution is -2.51. The number of likely N-dealkylation sites (N-methyl/N-ethyl adjacent to an activating group) is 1. The molecule has 98 valence electrons. The van der Waals surface area contributed by atoms with Gasteiger partial charge in [-0.05, 0) is 25.3 Å². The quantitative estimate of drug-likeness (QED) is 0.864. The van der Waals surface area contributed by atoms with Crippen molar-refractivity contribution in [2.24, 2.45) is 0 Å². The minimum Gasteiger partial charge on any atom is -0.395 e. The maximum Gasteiger partial charge on any atom is 0.233 e. The van der Waals surface area contributed by atoms with E-state index in [4.69, 9.17) is 5.11 Å². The third-order valence-electron chi connectivity index (χ3n) is 3.98. The number of aliphatic hydroxyl groups is 1. The van der Waals surface area contributed by atoms with Crippen molar-refractivity contribution in [1.29, 1.82) is 0 Å². The fourth-order valence-electron chi connectivity index (χ4n) is 2.74. The number of benzene rings is 1. The monoisotopic (exact) mass is 247 g/mol. The molecule has 3 nitrogen and oxygen atoms in total. The second-order valence-corrected chi connectivity index (χ2v) is 4.91. The fourth-order valence-corrected chi connectivity index (χ4v) is 2.74. The summed E-state index contributed by atoms with van der Waals surface area (Å²) in [6, 6.07) is 10.1. The van der Waals surface area contributed by atoms with Crippen LogP contribution in [0.25, 0.3) is 0 Å². The maximum absolute atomic E-state index is 12.7. The van der Waals surface area contributed by atoms with Crippen LogP contribution >= 0.6 is 0 Å². The fraction of sp³-hybridized carbons (Fsp3) is 0.533. The molecule has 18 heavy (non-hydrogen) atoms. The number of amides is 1. The summed E-state index contributed by atoms with van der Waals surface area (Å²) in [6.07, 6.45) is 2.97. The Bertz CT molecular complexity index is 398. The first-order chi connectivity index (χ1) is 8.74. The Morgan fingerprint density at radius 2 is 2.00 bits per heavy atom. The van der Waals surface area contributed by atoms with E-state index in [9.17, 15) is 4.79 Å². The van der Waals surface area contributed by atoms with Crippen LogP contribution in [0.3, 0.4) is 0 Å². The zero-order valence-corrected chi connectivity index (χ0v) is 10.9. The van der Waals surface area contributed by atoms with Gasteiger partial charge in [0.05, 0.1) is 12.0 Å². The lowest BCUT2D eigenvalue weighted by Gasteiger charge is -2.43. The molecule has 1 aliphatic carbocycles. The van der Waals surface area contributed by atoms with Crippen molar-refractivity contribution in [3.05, 3.63) is 35.9 Å². The number of nitrogens with zero attached hydrogens (tertiary/aromatic N) is 1. The third kappa shape index (κ3) is 2.15. The minimum atomic E-state index is -0.327. The molecule has 1 aromatic carbocycles. The van der Waals surface area contributed by atoms with E-state index in [1.54, 1.807) is 4.90 Å². The molecule has 0 bridgehead atoms. The third-order valence-corrected chi connectivity index (χ3v) is 3.98. The van der Waals surface area contributed by atoms with E-state index in [1.807, 2.05) is 37.3 Å². The predicted molar refractivity (Wildman–Crippen MR) is 71.3 cm³/mol. The van der Waals surface area contributed by atoms with E-state index in [0.29, 0.717) is 13.1 Å². The van der Waals surface area contributed by atoms with Crippen LogP contribution in [0.15, 0.2) is 30.3 Å². The van der Waals surface area contributed by atoms with Crippen LogP contribution in [0.2, 0.25) is 0 Å². The average molecular weight is 247 g/mol. The van der Waals surface area contributed by atoms with E-state index in [0.717, 1.165) is 24.8 Å². The highest BCUT2D eigenvalue weighted by Crippen LogP contribution is 2.45. The average Bonchev–Trinajstić information content (AvgIpc) is 2.36. The lowest BCUT2D eigenvalue weighted by molar-refractivity contribution is -0.141. The van der Waals surface area contributed by atoms with Gasteiger partial charge in [0.25, 0.3) is 0 Å². The van der Waals surface area contributed by atoms with Gasteiger partial charge in [-0.25, -0.2) is 0 Å². The van der Waals surface area contributed by atoms with Gasteiger partial charge < -0.3 is 10.0 Å². The molecule has 1 aliphatic rings. The van der Waals surface area contributed by atoms with Crippen LogP contribution in [0.5, 0.6) is 0 Å². The van der Waals surface area contributed by atoms with Gasteiger partial charge in [0.15, 0.2) is 0 Å². The summed E-state index contributed by atoms with van der Waals surface area (Å²) in [5, 5.41) is 9.05. The van der Waals surface area contributed by atoms with Gasteiger partial charge >= 0.3 is 0 Å². The van der Waals surface area contributed by atoms with Crippen molar-refractivity contribution in [3.63, 3.8) is 0 Å². The standard InChI is InChI=1S/C15H21NO2/c1-2-16(11-12-17)14(18)15(9-6-10-15)13-7-4-3-5-8-13/h3-5,7-8,17H,2,6,9-12H2,1H3. The van der Waals surface area contributed by atoms with E-state index >= 15 is 0 Å². The van der Waals surface area contributed by atoms with Crippen molar-refractivity contribution in [3.8, 4) is 0 Å². The van der Waals surface area contributed by atoms with E-state index in [1.165, 1.54) is 0 Å². The SMILES string of the molecule is CCN(CCO)C(=O)C1(c2ccccc2)CCC1. The Morgan fingerprint density at radius 1 is 1.33 bits per heavy atom. The molecule has 1 fully saturated rings. The molecule has 1 aromatic rings. The second-order valence-electron chi connectivity index (χ2n) is 4.91. The van der Waals surface area contributed by atoms with Gasteiger partial charge in [0, 0.05) is 13.1 Å². The summed E-state index contributed by atoms with van der Waals surface area (Å²) >= 11 is 0. The number of carbonyl (C=O) groups excluding carboxylic acids is 1. The molecule has 0 radical (unpaired) electrons.